The van der Waals surface area contributed by atoms with Gasteiger partial charge in [0.15, 0.2) is 0 Å². The van der Waals surface area contributed by atoms with Crippen LogP contribution in [0.1, 0.15) is 10.4 Å². The minimum absolute atomic E-state index is 0.118. The van der Waals surface area contributed by atoms with Gasteiger partial charge >= 0.3 is 5.97 Å². The van der Waals surface area contributed by atoms with Gasteiger partial charge in [0.05, 0.1) is 10.5 Å². The number of nitro benzene ring substituents is 1. The van der Waals surface area contributed by atoms with E-state index in [4.69, 9.17) is 4.74 Å². The molecule has 6 heteroatoms. The van der Waals surface area contributed by atoms with Crippen LogP contribution in [0.25, 0.3) is 0 Å². The largest absolute Gasteiger partial charge is 0.461 e. The van der Waals surface area contributed by atoms with Crippen LogP contribution in [0.3, 0.4) is 0 Å². The first-order chi connectivity index (χ1) is 8.00. The summed E-state index contributed by atoms with van der Waals surface area (Å²) in [5, 5.41) is 10.5. The number of likely N-dealkylation sites (N-methyl/N-ethyl adjacent to an activating group) is 1. The number of carbonyl (C=O) groups excluding carboxylic acids is 1. The Morgan fingerprint density at radius 2 is 2.18 bits per heavy atom. The average Bonchev–Trinajstić information content (AvgIpc) is 2.28. The maximum Gasteiger partial charge on any atom is 0.338 e. The Balaban J connectivity index is 2.63. The monoisotopic (exact) mass is 238 g/mol. The fraction of sp³-hybridized carbons (Fsp3) is 0.364. The summed E-state index contributed by atoms with van der Waals surface area (Å²) < 4.78 is 4.97. The summed E-state index contributed by atoms with van der Waals surface area (Å²) >= 11 is 0. The van der Waals surface area contributed by atoms with E-state index in [1.165, 1.54) is 24.3 Å². The minimum atomic E-state index is -0.546. The number of carbonyl (C=O) groups is 1. The molecule has 0 aromatic heterocycles. The van der Waals surface area contributed by atoms with Crippen LogP contribution in [-0.2, 0) is 4.74 Å². The lowest BCUT2D eigenvalue weighted by molar-refractivity contribution is -0.384. The van der Waals surface area contributed by atoms with Crippen LogP contribution >= 0.6 is 0 Å². The summed E-state index contributed by atoms with van der Waals surface area (Å²) in [5.41, 5.74) is 0.0741. The van der Waals surface area contributed by atoms with E-state index in [0.717, 1.165) is 0 Å². The first-order valence-corrected chi connectivity index (χ1v) is 5.07. The van der Waals surface area contributed by atoms with Crippen LogP contribution in [0.4, 0.5) is 5.69 Å². The predicted octanol–water partition coefficient (Wildman–Crippen LogP) is 1.31. The molecule has 1 aromatic rings. The second-order valence-electron chi connectivity index (χ2n) is 3.75. The Labute approximate surface area is 98.9 Å². The molecule has 0 aliphatic heterocycles. The van der Waals surface area contributed by atoms with Crippen molar-refractivity contribution in [1.82, 2.24) is 4.90 Å². The molecule has 1 aromatic carbocycles. The van der Waals surface area contributed by atoms with Gasteiger partial charge in [-0.25, -0.2) is 4.79 Å². The summed E-state index contributed by atoms with van der Waals surface area (Å²) in [6, 6.07) is 5.49. The van der Waals surface area contributed by atoms with Gasteiger partial charge < -0.3 is 9.64 Å². The fourth-order valence-corrected chi connectivity index (χ4v) is 1.15. The molecule has 0 spiro atoms. The number of nitro groups is 1. The third kappa shape index (κ3) is 4.20. The molecule has 0 amide bonds. The quantitative estimate of drug-likeness (QED) is 0.439. The van der Waals surface area contributed by atoms with E-state index in [1.807, 2.05) is 19.0 Å². The lowest BCUT2D eigenvalue weighted by Crippen LogP contribution is -2.20. The number of hydrogen-bond acceptors (Lipinski definition) is 5. The van der Waals surface area contributed by atoms with Crippen LogP contribution in [0.15, 0.2) is 24.3 Å². The van der Waals surface area contributed by atoms with Crippen molar-refractivity contribution >= 4 is 11.7 Å². The zero-order chi connectivity index (χ0) is 12.8. The van der Waals surface area contributed by atoms with Crippen molar-refractivity contribution < 1.29 is 14.5 Å². The number of benzene rings is 1. The molecule has 0 saturated heterocycles. The van der Waals surface area contributed by atoms with E-state index < -0.39 is 10.9 Å². The molecule has 0 bridgehead atoms. The predicted molar refractivity (Wildman–Crippen MR) is 61.9 cm³/mol. The van der Waals surface area contributed by atoms with Crippen molar-refractivity contribution in [3.63, 3.8) is 0 Å². The fourth-order valence-electron chi connectivity index (χ4n) is 1.15. The lowest BCUT2D eigenvalue weighted by Gasteiger charge is -2.09. The highest BCUT2D eigenvalue weighted by molar-refractivity contribution is 5.90. The van der Waals surface area contributed by atoms with Gasteiger partial charge in [0, 0.05) is 18.7 Å². The topological polar surface area (TPSA) is 72.7 Å². The van der Waals surface area contributed by atoms with Crippen molar-refractivity contribution in [2.45, 2.75) is 0 Å². The van der Waals surface area contributed by atoms with Gasteiger partial charge in [-0.05, 0) is 20.2 Å². The third-order valence-corrected chi connectivity index (χ3v) is 2.06. The van der Waals surface area contributed by atoms with Gasteiger partial charge in [-0.3, -0.25) is 10.1 Å². The van der Waals surface area contributed by atoms with E-state index >= 15 is 0 Å². The third-order valence-electron chi connectivity index (χ3n) is 2.06. The smallest absolute Gasteiger partial charge is 0.338 e. The van der Waals surface area contributed by atoms with Crippen molar-refractivity contribution in [2.24, 2.45) is 0 Å². The SMILES string of the molecule is CN(C)CCOC(=O)c1cccc([N+](=O)[O-])c1. The highest BCUT2D eigenvalue weighted by Crippen LogP contribution is 2.13. The standard InChI is InChI=1S/C11H14N2O4/c1-12(2)6-7-17-11(14)9-4-3-5-10(8-9)13(15)16/h3-5,8H,6-7H2,1-2H3. The zero-order valence-corrected chi connectivity index (χ0v) is 9.75. The normalized spacial score (nSPS) is 10.3. The number of ether oxygens (including phenoxy) is 1. The number of esters is 1. The first kappa shape index (κ1) is 13.1. The summed E-state index contributed by atoms with van der Waals surface area (Å²) in [7, 11) is 3.72. The van der Waals surface area contributed by atoms with Gasteiger partial charge in [0.2, 0.25) is 0 Å². The first-order valence-electron chi connectivity index (χ1n) is 5.07. The van der Waals surface area contributed by atoms with E-state index in [2.05, 4.69) is 0 Å². The molecule has 0 aliphatic carbocycles. The van der Waals surface area contributed by atoms with Crippen molar-refractivity contribution in [2.75, 3.05) is 27.2 Å². The van der Waals surface area contributed by atoms with E-state index in [-0.39, 0.29) is 17.9 Å². The summed E-state index contributed by atoms with van der Waals surface area (Å²) in [4.78, 5) is 23.4. The molecule has 6 nitrogen and oxygen atoms in total. The molecule has 1 rings (SSSR count). The van der Waals surface area contributed by atoms with Crippen LogP contribution in [0, 0.1) is 10.1 Å². The van der Waals surface area contributed by atoms with Crippen LogP contribution in [0.2, 0.25) is 0 Å². The van der Waals surface area contributed by atoms with Crippen LogP contribution in [-0.4, -0.2) is 43.0 Å². The second kappa shape index (κ2) is 5.95. The van der Waals surface area contributed by atoms with Gasteiger partial charge in [-0.15, -0.1) is 0 Å². The van der Waals surface area contributed by atoms with Crippen molar-refractivity contribution in [3.8, 4) is 0 Å². The Hall–Kier alpha value is -1.95. The molecule has 0 saturated carbocycles. The minimum Gasteiger partial charge on any atom is -0.461 e. The number of rotatable bonds is 5. The average molecular weight is 238 g/mol. The van der Waals surface area contributed by atoms with Gasteiger partial charge in [-0.2, -0.15) is 0 Å². The van der Waals surface area contributed by atoms with E-state index in [0.29, 0.717) is 6.54 Å². The van der Waals surface area contributed by atoms with E-state index in [1.54, 1.807) is 0 Å². The molecule has 17 heavy (non-hydrogen) atoms. The molecule has 92 valence electrons. The van der Waals surface area contributed by atoms with Crippen LogP contribution < -0.4 is 0 Å². The molecular formula is C11H14N2O4. The van der Waals surface area contributed by atoms with Gasteiger partial charge in [0.1, 0.15) is 6.61 Å². The Morgan fingerprint density at radius 3 is 2.76 bits per heavy atom. The summed E-state index contributed by atoms with van der Waals surface area (Å²) in [6.45, 7) is 0.870. The number of hydrogen-bond donors (Lipinski definition) is 0. The molecule has 0 fully saturated rings. The number of non-ortho nitro benzene ring substituents is 1. The molecule has 0 unspecified atom stereocenters. The maximum absolute atomic E-state index is 11.5. The number of nitrogens with zero attached hydrogens (tertiary/aromatic N) is 2. The van der Waals surface area contributed by atoms with Crippen LogP contribution in [0.5, 0.6) is 0 Å². The molecule has 0 N–H and O–H groups in total. The van der Waals surface area contributed by atoms with Gasteiger partial charge in [-0.1, -0.05) is 6.07 Å². The Kier molecular flexibility index (Phi) is 4.59. The molecule has 0 radical (unpaired) electrons. The van der Waals surface area contributed by atoms with Crippen molar-refractivity contribution in [1.29, 1.82) is 0 Å². The second-order valence-corrected chi connectivity index (χ2v) is 3.75. The van der Waals surface area contributed by atoms with Crippen molar-refractivity contribution in [3.05, 3.63) is 39.9 Å². The molecule has 0 atom stereocenters. The zero-order valence-electron chi connectivity index (χ0n) is 9.75. The highest BCUT2D eigenvalue weighted by Gasteiger charge is 2.12. The summed E-state index contributed by atoms with van der Waals surface area (Å²) in [5.74, 6) is -0.546. The molecular weight excluding hydrogens is 224 g/mol. The highest BCUT2D eigenvalue weighted by atomic mass is 16.6. The van der Waals surface area contributed by atoms with Gasteiger partial charge in [0.25, 0.3) is 5.69 Å². The molecule has 0 heterocycles. The molecule has 0 aliphatic rings. The maximum atomic E-state index is 11.5. The lowest BCUT2D eigenvalue weighted by atomic mass is 10.2. The Bertz CT molecular complexity index is 418. The summed E-state index contributed by atoms with van der Waals surface area (Å²) in [6.07, 6.45) is 0. The Morgan fingerprint density at radius 1 is 1.47 bits per heavy atom. The van der Waals surface area contributed by atoms with E-state index in [9.17, 15) is 14.9 Å².